The van der Waals surface area contributed by atoms with Gasteiger partial charge in [-0.05, 0) is 18.6 Å². The van der Waals surface area contributed by atoms with E-state index in [1.165, 1.54) is 11.8 Å². The second-order valence-electron chi connectivity index (χ2n) is 4.46. The lowest BCUT2D eigenvalue weighted by molar-refractivity contribution is -0.127. The van der Waals surface area contributed by atoms with Crippen LogP contribution in [-0.4, -0.2) is 34.3 Å². The molecule has 0 bridgehead atoms. The molecule has 0 spiro atoms. The van der Waals surface area contributed by atoms with E-state index in [1.54, 1.807) is 13.2 Å². The minimum absolute atomic E-state index is 0.0882. The number of carbonyl (C=O) groups excluding carboxylic acids is 2. The molecule has 1 saturated heterocycles. The van der Waals surface area contributed by atoms with Crippen molar-refractivity contribution in [2.45, 2.75) is 31.4 Å². The molecule has 0 saturated carbocycles. The largest absolute Gasteiger partial charge is 0.469 e. The zero-order valence-corrected chi connectivity index (χ0v) is 11.2. The van der Waals surface area contributed by atoms with Crippen molar-refractivity contribution in [1.29, 1.82) is 0 Å². The van der Waals surface area contributed by atoms with Crippen LogP contribution in [0.4, 0.5) is 0 Å². The lowest BCUT2D eigenvalue weighted by Crippen LogP contribution is -2.27. The van der Waals surface area contributed by atoms with E-state index in [0.29, 0.717) is 13.0 Å². The van der Waals surface area contributed by atoms with Crippen molar-refractivity contribution in [3.8, 4) is 0 Å². The van der Waals surface area contributed by atoms with E-state index in [2.05, 4.69) is 0 Å². The Morgan fingerprint density at radius 3 is 3.11 bits per heavy atom. The molecule has 1 atom stereocenters. The number of carbonyl (C=O) groups is 2. The molecule has 1 aromatic rings. The monoisotopic (exact) mass is 267 g/mol. The van der Waals surface area contributed by atoms with Crippen molar-refractivity contribution in [2.24, 2.45) is 0 Å². The van der Waals surface area contributed by atoms with E-state index in [0.717, 1.165) is 25.1 Å². The molecular weight excluding hydrogens is 250 g/mol. The third-order valence-electron chi connectivity index (χ3n) is 2.94. The van der Waals surface area contributed by atoms with Crippen molar-refractivity contribution in [3.05, 3.63) is 24.2 Å². The molecular formula is C13H17NO3S. The first-order chi connectivity index (χ1) is 8.65. The highest BCUT2D eigenvalue weighted by molar-refractivity contribution is 8.14. The number of hydrogen-bond acceptors (Lipinski definition) is 4. The van der Waals surface area contributed by atoms with Gasteiger partial charge in [0, 0.05) is 38.1 Å². The molecule has 1 aliphatic rings. The highest BCUT2D eigenvalue weighted by Crippen LogP contribution is 2.24. The molecule has 0 aliphatic carbocycles. The summed E-state index contributed by atoms with van der Waals surface area (Å²) in [7, 11) is 0. The Morgan fingerprint density at radius 1 is 1.61 bits per heavy atom. The number of rotatable bonds is 5. The number of furan rings is 1. The standard InChI is InChI=1S/C13H17NO3S/c1-10(15)18-12-8-13(16)14(9-12)6-2-4-11-5-3-7-17-11/h3,5,7,12H,2,4,6,8-9H2,1H3. The van der Waals surface area contributed by atoms with E-state index in [-0.39, 0.29) is 16.3 Å². The van der Waals surface area contributed by atoms with Crippen LogP contribution < -0.4 is 0 Å². The van der Waals surface area contributed by atoms with Crippen LogP contribution in [0, 0.1) is 0 Å². The predicted octanol–water partition coefficient (Wildman–Crippen LogP) is 2.09. The predicted molar refractivity (Wildman–Crippen MR) is 70.3 cm³/mol. The van der Waals surface area contributed by atoms with Crippen LogP contribution in [0.5, 0.6) is 0 Å². The average molecular weight is 267 g/mol. The number of nitrogens with zero attached hydrogens (tertiary/aromatic N) is 1. The van der Waals surface area contributed by atoms with Gasteiger partial charge in [-0.3, -0.25) is 9.59 Å². The van der Waals surface area contributed by atoms with Crippen LogP contribution in [0.3, 0.4) is 0 Å². The van der Waals surface area contributed by atoms with Gasteiger partial charge in [0.15, 0.2) is 5.12 Å². The van der Waals surface area contributed by atoms with Gasteiger partial charge in [-0.1, -0.05) is 11.8 Å². The molecule has 1 fully saturated rings. The van der Waals surface area contributed by atoms with Gasteiger partial charge in [0.1, 0.15) is 5.76 Å². The maximum atomic E-state index is 11.7. The summed E-state index contributed by atoms with van der Waals surface area (Å²) < 4.78 is 5.25. The number of amides is 1. The minimum Gasteiger partial charge on any atom is -0.469 e. The lowest BCUT2D eigenvalue weighted by Gasteiger charge is -2.15. The van der Waals surface area contributed by atoms with Crippen molar-refractivity contribution >= 4 is 22.8 Å². The Kier molecular flexibility index (Phi) is 4.47. The zero-order valence-electron chi connectivity index (χ0n) is 10.4. The van der Waals surface area contributed by atoms with Crippen molar-refractivity contribution in [1.82, 2.24) is 4.90 Å². The molecule has 5 heteroatoms. The highest BCUT2D eigenvalue weighted by Gasteiger charge is 2.30. The third kappa shape index (κ3) is 3.63. The smallest absolute Gasteiger partial charge is 0.223 e. The first-order valence-corrected chi connectivity index (χ1v) is 7.00. The molecule has 0 radical (unpaired) electrons. The first-order valence-electron chi connectivity index (χ1n) is 6.12. The maximum Gasteiger partial charge on any atom is 0.223 e. The normalized spacial score (nSPS) is 19.5. The zero-order chi connectivity index (χ0) is 13.0. The van der Waals surface area contributed by atoms with Gasteiger partial charge >= 0.3 is 0 Å². The first kappa shape index (κ1) is 13.2. The number of thioether (sulfide) groups is 1. The van der Waals surface area contributed by atoms with Gasteiger partial charge in [0.2, 0.25) is 5.91 Å². The van der Waals surface area contributed by atoms with Gasteiger partial charge in [0.25, 0.3) is 0 Å². The lowest BCUT2D eigenvalue weighted by atomic mass is 10.2. The van der Waals surface area contributed by atoms with Crippen LogP contribution in [0.1, 0.15) is 25.5 Å². The second-order valence-corrected chi connectivity index (χ2v) is 5.94. The Labute approximate surface area is 111 Å². The van der Waals surface area contributed by atoms with Crippen LogP contribution in [-0.2, 0) is 16.0 Å². The van der Waals surface area contributed by atoms with E-state index in [4.69, 9.17) is 4.42 Å². The van der Waals surface area contributed by atoms with Gasteiger partial charge in [-0.15, -0.1) is 0 Å². The summed E-state index contributed by atoms with van der Waals surface area (Å²) in [5.74, 6) is 1.12. The Hall–Kier alpha value is -1.23. The van der Waals surface area contributed by atoms with E-state index >= 15 is 0 Å². The Bertz CT molecular complexity index is 416. The fraction of sp³-hybridized carbons (Fsp3) is 0.538. The van der Waals surface area contributed by atoms with Crippen LogP contribution >= 0.6 is 11.8 Å². The summed E-state index contributed by atoms with van der Waals surface area (Å²) in [6.45, 7) is 2.99. The fourth-order valence-corrected chi connectivity index (χ4v) is 3.11. The number of hydrogen-bond donors (Lipinski definition) is 0. The summed E-state index contributed by atoms with van der Waals surface area (Å²) in [4.78, 5) is 24.6. The van der Waals surface area contributed by atoms with Crippen LogP contribution in [0.15, 0.2) is 22.8 Å². The molecule has 1 aromatic heterocycles. The van der Waals surface area contributed by atoms with E-state index in [9.17, 15) is 9.59 Å². The summed E-state index contributed by atoms with van der Waals surface area (Å²) >= 11 is 1.28. The summed E-state index contributed by atoms with van der Waals surface area (Å²) in [6, 6.07) is 3.82. The number of aryl methyl sites for hydroxylation is 1. The molecule has 18 heavy (non-hydrogen) atoms. The van der Waals surface area contributed by atoms with Crippen molar-refractivity contribution in [3.63, 3.8) is 0 Å². The van der Waals surface area contributed by atoms with Crippen LogP contribution in [0.25, 0.3) is 0 Å². The molecule has 0 N–H and O–H groups in total. The van der Waals surface area contributed by atoms with Gasteiger partial charge < -0.3 is 9.32 Å². The Morgan fingerprint density at radius 2 is 2.44 bits per heavy atom. The van der Waals surface area contributed by atoms with Crippen LogP contribution in [0.2, 0.25) is 0 Å². The molecule has 1 unspecified atom stereocenters. The van der Waals surface area contributed by atoms with Gasteiger partial charge in [-0.2, -0.15) is 0 Å². The molecule has 4 nitrogen and oxygen atoms in total. The fourth-order valence-electron chi connectivity index (χ4n) is 2.16. The van der Waals surface area contributed by atoms with Gasteiger partial charge in [-0.25, -0.2) is 0 Å². The molecule has 2 heterocycles. The molecule has 1 amide bonds. The molecule has 2 rings (SSSR count). The Balaban J connectivity index is 1.73. The topological polar surface area (TPSA) is 50.5 Å². The summed E-state index contributed by atoms with van der Waals surface area (Å²) in [5, 5.41) is 0.226. The minimum atomic E-state index is 0.0882. The summed E-state index contributed by atoms with van der Waals surface area (Å²) in [5.41, 5.74) is 0. The van der Waals surface area contributed by atoms with Crippen molar-refractivity contribution < 1.29 is 14.0 Å². The number of likely N-dealkylation sites (tertiary alicyclic amines) is 1. The second kappa shape index (κ2) is 6.09. The molecule has 98 valence electrons. The molecule has 0 aromatic carbocycles. The van der Waals surface area contributed by atoms with E-state index < -0.39 is 0 Å². The maximum absolute atomic E-state index is 11.7. The average Bonchev–Trinajstić information content (AvgIpc) is 2.89. The quantitative estimate of drug-likeness (QED) is 0.819. The SMILES string of the molecule is CC(=O)SC1CC(=O)N(CCCc2ccco2)C1. The third-order valence-corrected chi connectivity index (χ3v) is 3.92. The highest BCUT2D eigenvalue weighted by atomic mass is 32.2. The van der Waals surface area contributed by atoms with E-state index in [1.807, 2.05) is 17.0 Å². The molecule has 1 aliphatic heterocycles. The van der Waals surface area contributed by atoms with Gasteiger partial charge in [0.05, 0.1) is 6.26 Å². The summed E-state index contributed by atoms with van der Waals surface area (Å²) in [6.07, 6.45) is 3.90. The van der Waals surface area contributed by atoms with Crippen molar-refractivity contribution in [2.75, 3.05) is 13.1 Å².